The zero-order valence-electron chi connectivity index (χ0n) is 19.1. The van der Waals surface area contributed by atoms with E-state index in [4.69, 9.17) is 10.1 Å². The Morgan fingerprint density at radius 2 is 1.77 bits per heavy atom. The molecule has 2 aromatic carbocycles. The number of esters is 1. The third-order valence-corrected chi connectivity index (χ3v) is 5.53. The van der Waals surface area contributed by atoms with Crippen molar-refractivity contribution in [1.29, 1.82) is 0 Å². The lowest BCUT2D eigenvalue weighted by Gasteiger charge is -2.12. The van der Waals surface area contributed by atoms with Crippen LogP contribution >= 0.6 is 0 Å². The fourth-order valence-corrected chi connectivity index (χ4v) is 3.81. The maximum atomic E-state index is 11.5. The smallest absolute Gasteiger partial charge is 0.330 e. The molecular formula is C28H23N5O2. The molecule has 0 atom stereocenters. The SMILES string of the molecule is COC(=O)C=Cc1cncc(-c2nc(NCc3ccccc3)c3c(-c4ccccc4)ccn3n2)c1. The van der Waals surface area contributed by atoms with Gasteiger partial charge in [-0.1, -0.05) is 60.7 Å². The van der Waals surface area contributed by atoms with E-state index in [1.165, 1.54) is 13.2 Å². The Balaban J connectivity index is 1.58. The van der Waals surface area contributed by atoms with Gasteiger partial charge in [0.25, 0.3) is 0 Å². The van der Waals surface area contributed by atoms with Gasteiger partial charge < -0.3 is 10.1 Å². The zero-order chi connectivity index (χ0) is 24.0. The predicted molar refractivity (Wildman–Crippen MR) is 136 cm³/mol. The van der Waals surface area contributed by atoms with Gasteiger partial charge in [0.2, 0.25) is 0 Å². The highest BCUT2D eigenvalue weighted by Gasteiger charge is 2.15. The lowest BCUT2D eigenvalue weighted by Crippen LogP contribution is -2.07. The van der Waals surface area contributed by atoms with E-state index < -0.39 is 5.97 Å². The van der Waals surface area contributed by atoms with Crippen LogP contribution in [-0.4, -0.2) is 32.7 Å². The third-order valence-electron chi connectivity index (χ3n) is 5.53. The summed E-state index contributed by atoms with van der Waals surface area (Å²) in [5, 5.41) is 8.27. The first kappa shape index (κ1) is 22.0. The summed E-state index contributed by atoms with van der Waals surface area (Å²) < 4.78 is 6.51. The highest BCUT2D eigenvalue weighted by atomic mass is 16.5. The standard InChI is InChI=1S/C28H23N5O2/c1-35-25(34)13-12-21-16-23(19-29-17-21)27-31-28(30-18-20-8-4-2-5-9-20)26-24(14-15-33(26)32-27)22-10-6-3-7-11-22/h2-17,19H,18H2,1H3,(H,30,31,32). The molecule has 0 radical (unpaired) electrons. The maximum absolute atomic E-state index is 11.5. The van der Waals surface area contributed by atoms with Crippen molar-refractivity contribution in [3.63, 3.8) is 0 Å². The Morgan fingerprint density at radius 1 is 1.00 bits per heavy atom. The van der Waals surface area contributed by atoms with Crippen molar-refractivity contribution in [3.05, 3.63) is 109 Å². The molecule has 0 aliphatic carbocycles. The van der Waals surface area contributed by atoms with Gasteiger partial charge in [-0.3, -0.25) is 4.98 Å². The van der Waals surface area contributed by atoms with Crippen LogP contribution in [-0.2, 0) is 16.1 Å². The van der Waals surface area contributed by atoms with E-state index in [9.17, 15) is 4.79 Å². The molecule has 0 fully saturated rings. The van der Waals surface area contributed by atoms with Gasteiger partial charge in [0.15, 0.2) is 11.6 Å². The zero-order valence-corrected chi connectivity index (χ0v) is 19.1. The molecule has 0 saturated heterocycles. The minimum absolute atomic E-state index is 0.429. The van der Waals surface area contributed by atoms with Crippen LogP contribution in [0.5, 0.6) is 0 Å². The first-order valence-corrected chi connectivity index (χ1v) is 11.2. The van der Waals surface area contributed by atoms with Gasteiger partial charge in [0, 0.05) is 42.3 Å². The number of carbonyl (C=O) groups excluding carboxylic acids is 1. The largest absolute Gasteiger partial charge is 0.466 e. The summed E-state index contributed by atoms with van der Waals surface area (Å²) >= 11 is 0. The van der Waals surface area contributed by atoms with Gasteiger partial charge in [-0.05, 0) is 34.9 Å². The van der Waals surface area contributed by atoms with Gasteiger partial charge in [0.1, 0.15) is 5.52 Å². The first-order chi connectivity index (χ1) is 17.2. The van der Waals surface area contributed by atoms with Crippen LogP contribution in [0.25, 0.3) is 34.1 Å². The second-order valence-electron chi connectivity index (χ2n) is 7.88. The Kier molecular flexibility index (Phi) is 6.30. The molecule has 3 heterocycles. The lowest BCUT2D eigenvalue weighted by molar-refractivity contribution is -0.134. The fraction of sp³-hybridized carbons (Fsp3) is 0.0714. The highest BCUT2D eigenvalue weighted by Crippen LogP contribution is 2.31. The molecule has 5 rings (SSSR count). The molecule has 35 heavy (non-hydrogen) atoms. The molecule has 0 amide bonds. The second kappa shape index (κ2) is 10.0. The Labute approximate surface area is 202 Å². The molecule has 172 valence electrons. The molecular weight excluding hydrogens is 438 g/mol. The summed E-state index contributed by atoms with van der Waals surface area (Å²) in [6, 6.07) is 24.3. The monoisotopic (exact) mass is 461 g/mol. The molecule has 0 spiro atoms. The number of aromatic nitrogens is 4. The van der Waals surface area contributed by atoms with Crippen LogP contribution in [0.1, 0.15) is 11.1 Å². The van der Waals surface area contributed by atoms with E-state index in [0.717, 1.165) is 39.2 Å². The summed E-state index contributed by atoms with van der Waals surface area (Å²) in [7, 11) is 1.34. The van der Waals surface area contributed by atoms with Crippen molar-refractivity contribution in [2.45, 2.75) is 6.54 Å². The van der Waals surface area contributed by atoms with Gasteiger partial charge in [0.05, 0.1) is 7.11 Å². The molecule has 3 aromatic heterocycles. The summed E-state index contributed by atoms with van der Waals surface area (Å²) in [6.45, 7) is 0.618. The van der Waals surface area contributed by atoms with Crippen molar-refractivity contribution in [2.24, 2.45) is 0 Å². The number of carbonyl (C=O) groups is 1. The van der Waals surface area contributed by atoms with Gasteiger partial charge >= 0.3 is 5.97 Å². The number of methoxy groups -OCH3 is 1. The van der Waals surface area contributed by atoms with Crippen LogP contribution in [0.3, 0.4) is 0 Å². The maximum Gasteiger partial charge on any atom is 0.330 e. The van der Waals surface area contributed by atoms with E-state index >= 15 is 0 Å². The summed E-state index contributed by atoms with van der Waals surface area (Å²) in [5.41, 5.74) is 5.65. The van der Waals surface area contributed by atoms with Crippen molar-refractivity contribution in [1.82, 2.24) is 19.6 Å². The number of hydrogen-bond acceptors (Lipinski definition) is 6. The normalized spacial score (nSPS) is 11.1. The highest BCUT2D eigenvalue weighted by molar-refractivity contribution is 5.89. The lowest BCUT2D eigenvalue weighted by atomic mass is 10.1. The Bertz CT molecular complexity index is 1490. The molecule has 1 N–H and O–H groups in total. The molecule has 5 aromatic rings. The van der Waals surface area contributed by atoms with E-state index in [1.807, 2.05) is 59.2 Å². The molecule has 0 aliphatic heterocycles. The van der Waals surface area contributed by atoms with Crippen LogP contribution in [0.4, 0.5) is 5.82 Å². The fourth-order valence-electron chi connectivity index (χ4n) is 3.81. The summed E-state index contributed by atoms with van der Waals surface area (Å²) in [6.07, 6.45) is 8.32. The number of nitrogens with one attached hydrogen (secondary N) is 1. The number of pyridine rings is 1. The van der Waals surface area contributed by atoms with Gasteiger partial charge in [-0.2, -0.15) is 0 Å². The number of nitrogens with zero attached hydrogens (tertiary/aromatic N) is 4. The summed E-state index contributed by atoms with van der Waals surface area (Å²) in [5.74, 6) is 0.809. The number of hydrogen-bond donors (Lipinski definition) is 1. The molecule has 0 saturated carbocycles. The van der Waals surface area contributed by atoms with E-state index in [0.29, 0.717) is 12.4 Å². The van der Waals surface area contributed by atoms with Crippen LogP contribution in [0, 0.1) is 0 Å². The number of rotatable bonds is 7. The summed E-state index contributed by atoms with van der Waals surface area (Å²) in [4.78, 5) is 20.7. The van der Waals surface area contributed by atoms with Gasteiger partial charge in [-0.25, -0.2) is 14.3 Å². The molecule has 7 nitrogen and oxygen atoms in total. The van der Waals surface area contributed by atoms with E-state index in [2.05, 4.69) is 39.3 Å². The molecule has 0 bridgehead atoms. The van der Waals surface area contributed by atoms with Crippen molar-refractivity contribution < 1.29 is 9.53 Å². The van der Waals surface area contributed by atoms with Crippen LogP contribution in [0.2, 0.25) is 0 Å². The van der Waals surface area contributed by atoms with E-state index in [1.54, 1.807) is 18.5 Å². The number of benzene rings is 2. The van der Waals surface area contributed by atoms with E-state index in [-0.39, 0.29) is 0 Å². The number of fused-ring (bicyclic) bond motifs is 1. The molecule has 0 unspecified atom stereocenters. The van der Waals surface area contributed by atoms with Crippen LogP contribution in [0.15, 0.2) is 97.5 Å². The van der Waals surface area contributed by atoms with Crippen LogP contribution < -0.4 is 5.32 Å². The van der Waals surface area contributed by atoms with Crippen molar-refractivity contribution in [2.75, 3.05) is 12.4 Å². The topological polar surface area (TPSA) is 81.4 Å². The Hall–Kier alpha value is -4.78. The molecule has 0 aliphatic rings. The van der Waals surface area contributed by atoms with Crippen molar-refractivity contribution in [3.8, 4) is 22.5 Å². The van der Waals surface area contributed by atoms with Crippen molar-refractivity contribution >= 4 is 23.4 Å². The minimum Gasteiger partial charge on any atom is -0.466 e. The quantitative estimate of drug-likeness (QED) is 0.263. The van der Waals surface area contributed by atoms with Gasteiger partial charge in [-0.15, -0.1) is 5.10 Å². The second-order valence-corrected chi connectivity index (χ2v) is 7.88. The predicted octanol–water partition coefficient (Wildman–Crippen LogP) is 5.26. The number of ether oxygens (including phenoxy) is 1. The average molecular weight is 462 g/mol. The average Bonchev–Trinajstić information content (AvgIpc) is 3.36. The third kappa shape index (κ3) is 4.94. The minimum atomic E-state index is -0.429. The molecule has 7 heteroatoms. The number of anilines is 1. The Morgan fingerprint density at radius 3 is 2.54 bits per heavy atom. The first-order valence-electron chi connectivity index (χ1n) is 11.2.